The van der Waals surface area contributed by atoms with Gasteiger partial charge in [-0.05, 0) is 35.0 Å². The standard InChI is InChI=1S/C17H23NOS2/c1-17(2,3)14-9-7-13(8-10-14)15(18-4)12-21(19)16-6-5-11-20-16/h5-11,15,18H,12H2,1-4H3. The van der Waals surface area contributed by atoms with Crippen LogP contribution in [0.25, 0.3) is 0 Å². The lowest BCUT2D eigenvalue weighted by molar-refractivity contribution is 0.588. The molecule has 0 saturated carbocycles. The van der Waals surface area contributed by atoms with Crippen molar-refractivity contribution in [1.29, 1.82) is 0 Å². The van der Waals surface area contributed by atoms with Gasteiger partial charge in [0, 0.05) is 11.8 Å². The molecule has 0 saturated heterocycles. The van der Waals surface area contributed by atoms with Crippen LogP contribution in [-0.4, -0.2) is 17.0 Å². The van der Waals surface area contributed by atoms with Gasteiger partial charge in [0.25, 0.3) is 0 Å². The van der Waals surface area contributed by atoms with Crippen molar-refractivity contribution in [2.75, 3.05) is 12.8 Å². The highest BCUT2D eigenvalue weighted by Gasteiger charge is 2.17. The second-order valence-electron chi connectivity index (χ2n) is 6.16. The molecule has 0 spiro atoms. The first kappa shape index (κ1) is 16.4. The van der Waals surface area contributed by atoms with Crippen molar-refractivity contribution >= 4 is 22.1 Å². The number of nitrogens with one attached hydrogen (secondary N) is 1. The van der Waals surface area contributed by atoms with Gasteiger partial charge in [-0.15, -0.1) is 11.3 Å². The van der Waals surface area contributed by atoms with Crippen LogP contribution in [0.1, 0.15) is 37.9 Å². The molecule has 0 amide bonds. The van der Waals surface area contributed by atoms with Crippen LogP contribution in [0.15, 0.2) is 46.0 Å². The molecular formula is C17H23NOS2. The summed E-state index contributed by atoms with van der Waals surface area (Å²) in [5, 5.41) is 5.25. The molecule has 2 nitrogen and oxygen atoms in total. The number of hydrogen-bond acceptors (Lipinski definition) is 3. The average Bonchev–Trinajstić information content (AvgIpc) is 2.98. The molecule has 0 radical (unpaired) electrons. The van der Waals surface area contributed by atoms with E-state index in [1.165, 1.54) is 11.1 Å². The summed E-state index contributed by atoms with van der Waals surface area (Å²) in [7, 11) is 0.975. The fourth-order valence-electron chi connectivity index (χ4n) is 2.19. The van der Waals surface area contributed by atoms with E-state index in [0.717, 1.165) is 4.21 Å². The van der Waals surface area contributed by atoms with Crippen LogP contribution in [0, 0.1) is 0 Å². The maximum absolute atomic E-state index is 12.4. The van der Waals surface area contributed by atoms with Gasteiger partial charge in [-0.3, -0.25) is 4.21 Å². The SMILES string of the molecule is CNC(CS(=O)c1cccs1)c1ccc(C(C)(C)C)cc1. The van der Waals surface area contributed by atoms with E-state index in [2.05, 4.69) is 50.4 Å². The van der Waals surface area contributed by atoms with Crippen molar-refractivity contribution in [2.24, 2.45) is 0 Å². The molecule has 1 aromatic carbocycles. The number of thiophene rings is 1. The van der Waals surface area contributed by atoms with Gasteiger partial charge in [-0.25, -0.2) is 0 Å². The molecule has 1 heterocycles. The minimum atomic E-state index is -0.949. The molecule has 0 aliphatic carbocycles. The lowest BCUT2D eigenvalue weighted by Crippen LogP contribution is -2.22. The number of rotatable bonds is 5. The normalized spacial score (nSPS) is 14.9. The molecule has 1 aromatic heterocycles. The third kappa shape index (κ3) is 4.25. The zero-order valence-corrected chi connectivity index (χ0v) is 14.7. The molecule has 2 atom stereocenters. The maximum Gasteiger partial charge on any atom is 0.0911 e. The Morgan fingerprint density at radius 3 is 2.33 bits per heavy atom. The van der Waals surface area contributed by atoms with Crippen LogP contribution in [0.3, 0.4) is 0 Å². The van der Waals surface area contributed by atoms with Crippen LogP contribution in [0.2, 0.25) is 0 Å². The van der Waals surface area contributed by atoms with Crippen molar-refractivity contribution in [1.82, 2.24) is 5.32 Å². The van der Waals surface area contributed by atoms with Crippen LogP contribution in [-0.2, 0) is 16.2 Å². The second kappa shape index (κ2) is 6.86. The third-order valence-corrected chi connectivity index (χ3v) is 6.29. The summed E-state index contributed by atoms with van der Waals surface area (Å²) < 4.78 is 13.3. The summed E-state index contributed by atoms with van der Waals surface area (Å²) in [6.45, 7) is 6.64. The first-order valence-electron chi connectivity index (χ1n) is 7.11. The fourth-order valence-corrected chi connectivity index (χ4v) is 4.49. The third-order valence-electron chi connectivity index (χ3n) is 3.57. The van der Waals surface area contributed by atoms with Crippen LogP contribution in [0.5, 0.6) is 0 Å². The van der Waals surface area contributed by atoms with Crippen LogP contribution >= 0.6 is 11.3 Å². The van der Waals surface area contributed by atoms with Crippen LogP contribution in [0.4, 0.5) is 0 Å². The van der Waals surface area contributed by atoms with Crippen molar-refractivity contribution in [3.8, 4) is 0 Å². The molecule has 1 N–H and O–H groups in total. The summed E-state index contributed by atoms with van der Waals surface area (Å²) in [5.74, 6) is 0.603. The number of benzene rings is 1. The van der Waals surface area contributed by atoms with Gasteiger partial charge in [0.2, 0.25) is 0 Å². The molecular weight excluding hydrogens is 298 g/mol. The first-order chi connectivity index (χ1) is 9.91. The molecule has 2 rings (SSSR count). The average molecular weight is 322 g/mol. The van der Waals surface area contributed by atoms with Gasteiger partial charge in [-0.2, -0.15) is 0 Å². The van der Waals surface area contributed by atoms with Crippen molar-refractivity contribution in [3.63, 3.8) is 0 Å². The van der Waals surface area contributed by atoms with Crippen molar-refractivity contribution < 1.29 is 4.21 Å². The highest BCUT2D eigenvalue weighted by Crippen LogP contribution is 2.25. The molecule has 0 aliphatic heterocycles. The van der Waals surface area contributed by atoms with Gasteiger partial charge >= 0.3 is 0 Å². The van der Waals surface area contributed by atoms with E-state index in [4.69, 9.17) is 0 Å². The Labute approximate surface area is 134 Å². The molecule has 0 bridgehead atoms. The topological polar surface area (TPSA) is 29.1 Å². The zero-order chi connectivity index (χ0) is 15.5. The Hall–Kier alpha value is -0.970. The largest absolute Gasteiger partial charge is 0.312 e. The fraction of sp³-hybridized carbons (Fsp3) is 0.412. The molecule has 2 unspecified atom stereocenters. The molecule has 4 heteroatoms. The van der Waals surface area contributed by atoms with Gasteiger partial charge in [-0.1, -0.05) is 51.1 Å². The Bertz CT molecular complexity index is 582. The molecule has 21 heavy (non-hydrogen) atoms. The summed E-state index contributed by atoms with van der Waals surface area (Å²) in [5.41, 5.74) is 2.67. The van der Waals surface area contributed by atoms with E-state index in [1.807, 2.05) is 24.6 Å². The summed E-state index contributed by atoms with van der Waals surface area (Å²) in [4.78, 5) is 0. The van der Waals surface area contributed by atoms with Crippen molar-refractivity contribution in [2.45, 2.75) is 36.4 Å². The highest BCUT2D eigenvalue weighted by molar-refractivity contribution is 7.87. The quantitative estimate of drug-likeness (QED) is 0.898. The van der Waals surface area contributed by atoms with Gasteiger partial charge < -0.3 is 5.32 Å². The minimum Gasteiger partial charge on any atom is -0.312 e. The molecule has 2 aromatic rings. The zero-order valence-electron chi connectivity index (χ0n) is 13.1. The predicted molar refractivity (Wildman–Crippen MR) is 92.5 cm³/mol. The Morgan fingerprint density at radius 1 is 1.19 bits per heavy atom. The maximum atomic E-state index is 12.4. The lowest BCUT2D eigenvalue weighted by atomic mass is 9.86. The van der Waals surface area contributed by atoms with Gasteiger partial charge in [0.05, 0.1) is 15.0 Å². The van der Waals surface area contributed by atoms with Crippen molar-refractivity contribution in [3.05, 3.63) is 52.9 Å². The smallest absolute Gasteiger partial charge is 0.0911 e. The lowest BCUT2D eigenvalue weighted by Gasteiger charge is -2.21. The molecule has 0 fully saturated rings. The van der Waals surface area contributed by atoms with E-state index >= 15 is 0 Å². The van der Waals surface area contributed by atoms with E-state index in [-0.39, 0.29) is 11.5 Å². The Morgan fingerprint density at radius 2 is 1.86 bits per heavy atom. The predicted octanol–water partition coefficient (Wildman–Crippen LogP) is 4.11. The summed E-state index contributed by atoms with van der Waals surface area (Å²) >= 11 is 1.56. The van der Waals surface area contributed by atoms with E-state index < -0.39 is 10.8 Å². The molecule has 114 valence electrons. The highest BCUT2D eigenvalue weighted by atomic mass is 32.2. The monoisotopic (exact) mass is 321 g/mol. The second-order valence-corrected chi connectivity index (χ2v) is 8.83. The summed E-state index contributed by atoms with van der Waals surface area (Å²) in [6, 6.07) is 12.6. The molecule has 0 aliphatic rings. The van der Waals surface area contributed by atoms with Crippen LogP contribution < -0.4 is 5.32 Å². The van der Waals surface area contributed by atoms with E-state index in [1.54, 1.807) is 11.3 Å². The van der Waals surface area contributed by atoms with Gasteiger partial charge in [0.15, 0.2) is 0 Å². The van der Waals surface area contributed by atoms with E-state index in [0.29, 0.717) is 5.75 Å². The van der Waals surface area contributed by atoms with Gasteiger partial charge in [0.1, 0.15) is 0 Å². The number of hydrogen-bond donors (Lipinski definition) is 1. The minimum absolute atomic E-state index is 0.113. The Kier molecular flexibility index (Phi) is 5.36. The Balaban J connectivity index is 2.12. The van der Waals surface area contributed by atoms with E-state index in [9.17, 15) is 4.21 Å². The first-order valence-corrected chi connectivity index (χ1v) is 9.31. The summed E-state index contributed by atoms with van der Waals surface area (Å²) in [6.07, 6.45) is 0.